The van der Waals surface area contributed by atoms with Gasteiger partial charge in [0.05, 0.1) is 11.0 Å². The maximum atomic E-state index is 11.6. The van der Waals surface area contributed by atoms with Crippen molar-refractivity contribution in [2.24, 2.45) is 5.92 Å². The number of nitro groups is 1. The number of nitrogens with one attached hydrogen (secondary N) is 1. The van der Waals surface area contributed by atoms with Gasteiger partial charge in [-0.05, 0) is 55.2 Å². The molecule has 2 rings (SSSR count). The average Bonchev–Trinajstić information content (AvgIpc) is 2.98. The molecule has 0 amide bonds. The van der Waals surface area contributed by atoms with E-state index in [9.17, 15) is 10.1 Å². The summed E-state index contributed by atoms with van der Waals surface area (Å²) in [7, 11) is -3.90. The zero-order valence-corrected chi connectivity index (χ0v) is 24.1. The maximum absolute atomic E-state index is 11.6. The van der Waals surface area contributed by atoms with E-state index in [0.717, 1.165) is 12.8 Å². The molecule has 0 bridgehead atoms. The van der Waals surface area contributed by atoms with Gasteiger partial charge in [0.1, 0.15) is 5.69 Å². The monoisotopic (exact) mass is 496 g/mol. The van der Waals surface area contributed by atoms with Gasteiger partial charge in [-0.3, -0.25) is 10.1 Å². The normalized spacial score (nSPS) is 22.4. The third-order valence-corrected chi connectivity index (χ3v) is 16.8. The number of aromatic nitrogens is 1. The van der Waals surface area contributed by atoms with Crippen LogP contribution in [0.3, 0.4) is 0 Å². The molecule has 1 fully saturated rings. The van der Waals surface area contributed by atoms with Crippen LogP contribution in [0.5, 0.6) is 0 Å². The Bertz CT molecular complexity index is 850. The molecule has 8 nitrogen and oxygen atoms in total. The predicted molar refractivity (Wildman–Crippen MR) is 141 cm³/mol. The highest BCUT2D eigenvalue weighted by Crippen LogP contribution is 2.43. The van der Waals surface area contributed by atoms with Crippen molar-refractivity contribution in [3.05, 3.63) is 22.4 Å². The van der Waals surface area contributed by atoms with Gasteiger partial charge in [-0.2, -0.15) is 0 Å². The van der Waals surface area contributed by atoms with Crippen LogP contribution in [0.25, 0.3) is 0 Å². The van der Waals surface area contributed by atoms with Crippen molar-refractivity contribution < 1.29 is 13.8 Å². The molecule has 1 aliphatic rings. The van der Waals surface area contributed by atoms with E-state index < -0.39 is 21.6 Å². The molecule has 0 aliphatic heterocycles. The van der Waals surface area contributed by atoms with Gasteiger partial charge >= 0.3 is 5.69 Å². The van der Waals surface area contributed by atoms with Crippen LogP contribution in [-0.2, 0) is 8.85 Å². The van der Waals surface area contributed by atoms with Crippen LogP contribution in [0.2, 0.25) is 36.3 Å². The highest BCUT2D eigenvalue weighted by molar-refractivity contribution is 6.74. The first-order chi connectivity index (χ1) is 14.9. The lowest BCUT2D eigenvalue weighted by Gasteiger charge is -2.41. The van der Waals surface area contributed by atoms with E-state index in [2.05, 4.69) is 78.0 Å². The number of nitrogens with two attached hydrogens (primary N) is 1. The molecule has 1 aromatic rings. The number of rotatable bonds is 8. The molecule has 1 heterocycles. The summed E-state index contributed by atoms with van der Waals surface area (Å²) in [4.78, 5) is 15.0. The summed E-state index contributed by atoms with van der Waals surface area (Å²) in [5, 5.41) is 15.2. The van der Waals surface area contributed by atoms with E-state index in [1.807, 2.05) is 0 Å². The quantitative estimate of drug-likeness (QED) is 0.251. The molecule has 10 heteroatoms. The fourth-order valence-corrected chi connectivity index (χ4v) is 6.07. The second-order valence-corrected chi connectivity index (χ2v) is 22.0. The Morgan fingerprint density at radius 1 is 1.12 bits per heavy atom. The van der Waals surface area contributed by atoms with Gasteiger partial charge in [0.2, 0.25) is 5.82 Å². The van der Waals surface area contributed by atoms with E-state index in [0.29, 0.717) is 12.3 Å². The third kappa shape index (κ3) is 6.55. The van der Waals surface area contributed by atoms with Crippen molar-refractivity contribution in [2.75, 3.05) is 17.7 Å². The summed E-state index contributed by atoms with van der Waals surface area (Å²) >= 11 is 0. The highest BCUT2D eigenvalue weighted by Gasteiger charge is 2.45. The summed E-state index contributed by atoms with van der Waals surface area (Å²) in [5.74, 6) is 0.152. The SMILES string of the molecule is CC(C)(C)[Si](C)(C)OC[C@@H]1C[C@@H](Nc2ccnc(N)c2[N+](=O)[O-])C[C@@H]1O[Si](C)(C)C(C)(C)C. The number of anilines is 2. The van der Waals surface area contributed by atoms with E-state index in [4.69, 9.17) is 14.6 Å². The molecule has 1 aromatic heterocycles. The first-order valence-electron chi connectivity index (χ1n) is 11.8. The van der Waals surface area contributed by atoms with Gasteiger partial charge in [-0.15, -0.1) is 0 Å². The zero-order valence-electron chi connectivity index (χ0n) is 22.1. The predicted octanol–water partition coefficient (Wildman–Crippen LogP) is 6.17. The second kappa shape index (κ2) is 9.63. The number of hydrogen-bond acceptors (Lipinski definition) is 7. The van der Waals surface area contributed by atoms with Crippen LogP contribution < -0.4 is 11.1 Å². The molecule has 0 unspecified atom stereocenters. The molecule has 3 atom stereocenters. The van der Waals surface area contributed by atoms with Crippen LogP contribution in [0.1, 0.15) is 54.4 Å². The summed E-state index contributed by atoms with van der Waals surface area (Å²) in [6.45, 7) is 23.2. The molecule has 3 N–H and O–H groups in total. The number of nitrogen functional groups attached to an aromatic ring is 1. The van der Waals surface area contributed by atoms with Gasteiger partial charge in [0, 0.05) is 24.8 Å². The minimum absolute atomic E-state index is 0.0354. The number of nitrogens with zero attached hydrogens (tertiary/aromatic N) is 2. The lowest BCUT2D eigenvalue weighted by Crippen LogP contribution is -2.46. The number of hydrogen-bond donors (Lipinski definition) is 2. The van der Waals surface area contributed by atoms with Crippen molar-refractivity contribution in [2.45, 2.75) is 103 Å². The van der Waals surface area contributed by atoms with Gasteiger partial charge < -0.3 is 19.9 Å². The van der Waals surface area contributed by atoms with Crippen molar-refractivity contribution in [1.82, 2.24) is 4.98 Å². The number of pyridine rings is 1. The largest absolute Gasteiger partial charge is 0.416 e. The molecule has 1 aliphatic carbocycles. The Kier molecular flexibility index (Phi) is 8.10. The van der Waals surface area contributed by atoms with Gasteiger partial charge in [0.15, 0.2) is 16.6 Å². The Morgan fingerprint density at radius 2 is 1.70 bits per heavy atom. The lowest BCUT2D eigenvalue weighted by molar-refractivity contribution is -0.383. The van der Waals surface area contributed by atoms with Crippen LogP contribution in [-0.4, -0.2) is 45.3 Å². The Hall–Kier alpha value is -1.50. The van der Waals surface area contributed by atoms with E-state index in [-0.39, 0.29) is 39.6 Å². The lowest BCUT2D eigenvalue weighted by atomic mass is 10.1. The van der Waals surface area contributed by atoms with Gasteiger partial charge in [0.25, 0.3) is 0 Å². The highest BCUT2D eigenvalue weighted by atomic mass is 28.4. The first-order valence-corrected chi connectivity index (χ1v) is 17.6. The van der Waals surface area contributed by atoms with Crippen molar-refractivity contribution in [3.63, 3.8) is 0 Å². The molecule has 0 saturated heterocycles. The summed E-state index contributed by atoms with van der Waals surface area (Å²) < 4.78 is 13.5. The first kappa shape index (κ1) is 27.7. The fraction of sp³-hybridized carbons (Fsp3) is 0.783. The Labute approximate surface area is 201 Å². The van der Waals surface area contributed by atoms with E-state index >= 15 is 0 Å². The molecular weight excluding hydrogens is 452 g/mol. The second-order valence-electron chi connectivity index (χ2n) is 12.4. The molecule has 0 spiro atoms. The summed E-state index contributed by atoms with van der Waals surface area (Å²) in [6, 6.07) is 1.66. The van der Waals surface area contributed by atoms with Crippen LogP contribution in [0, 0.1) is 16.0 Å². The smallest absolute Gasteiger partial charge is 0.333 e. The van der Waals surface area contributed by atoms with E-state index in [1.54, 1.807) is 6.07 Å². The minimum Gasteiger partial charge on any atom is -0.416 e. The van der Waals surface area contributed by atoms with Gasteiger partial charge in [-0.25, -0.2) is 4.98 Å². The van der Waals surface area contributed by atoms with E-state index in [1.165, 1.54) is 6.20 Å². The van der Waals surface area contributed by atoms with Gasteiger partial charge in [-0.1, -0.05) is 41.5 Å². The maximum Gasteiger partial charge on any atom is 0.333 e. The standard InChI is InChI=1S/C23H44N4O4Si2/c1-22(2,3)32(7,8)30-15-16-13-17(14-19(16)31-33(9,10)23(4,5)6)26-18-11-12-25-21(24)20(18)27(28)29/h11-12,16-17,19H,13-15H2,1-10H3,(H3,24,25,26)/t16-,17+,19-/m0/s1. The zero-order chi connectivity index (χ0) is 25.4. The summed E-state index contributed by atoms with van der Waals surface area (Å²) in [5.41, 5.74) is 6.04. The summed E-state index contributed by atoms with van der Waals surface area (Å²) in [6.07, 6.45) is 3.15. The third-order valence-electron chi connectivity index (χ3n) is 7.84. The van der Waals surface area contributed by atoms with Crippen molar-refractivity contribution in [3.8, 4) is 0 Å². The molecule has 188 valence electrons. The fourth-order valence-electron chi connectivity index (χ4n) is 3.61. The minimum atomic E-state index is -1.99. The van der Waals surface area contributed by atoms with Crippen molar-refractivity contribution in [1.29, 1.82) is 0 Å². The average molecular weight is 497 g/mol. The van der Waals surface area contributed by atoms with Crippen molar-refractivity contribution >= 4 is 33.8 Å². The topological polar surface area (TPSA) is 113 Å². The van der Waals surface area contributed by atoms with Crippen LogP contribution in [0.15, 0.2) is 12.3 Å². The van der Waals surface area contributed by atoms with Crippen LogP contribution in [0.4, 0.5) is 17.2 Å². The molecule has 33 heavy (non-hydrogen) atoms. The molecule has 0 aromatic carbocycles. The Morgan fingerprint density at radius 3 is 2.21 bits per heavy atom. The molecule has 0 radical (unpaired) electrons. The Balaban J connectivity index is 2.26. The van der Waals surface area contributed by atoms with Crippen LogP contribution >= 0.6 is 0 Å². The molecular formula is C23H44N4O4Si2. The molecule has 1 saturated carbocycles.